The average Bonchev–Trinajstić information content (AvgIpc) is 2.88. The van der Waals surface area contributed by atoms with Crippen LogP contribution in [0, 0.1) is 5.92 Å². The molecule has 106 valence electrons. The fourth-order valence-corrected chi connectivity index (χ4v) is 3.15. The smallest absolute Gasteiger partial charge is 0.307 e. The molecule has 7 nitrogen and oxygen atoms in total. The first kappa shape index (κ1) is 13.2. The molecule has 0 saturated carbocycles. The molecule has 1 aliphatic heterocycles. The Balaban J connectivity index is 1.78. The van der Waals surface area contributed by atoms with Crippen LogP contribution in [-0.4, -0.2) is 43.7 Å². The van der Waals surface area contributed by atoms with Crippen LogP contribution >= 0.6 is 11.3 Å². The van der Waals surface area contributed by atoms with Crippen molar-refractivity contribution < 1.29 is 9.90 Å². The van der Waals surface area contributed by atoms with Crippen molar-refractivity contribution in [2.45, 2.75) is 19.4 Å². The topological polar surface area (TPSA) is 87.8 Å². The Morgan fingerprint density at radius 2 is 2.40 bits per heavy atom. The molecule has 2 aromatic heterocycles. The highest BCUT2D eigenvalue weighted by Crippen LogP contribution is 2.18. The molecule has 0 aromatic carbocycles. The van der Waals surface area contributed by atoms with Crippen LogP contribution in [0.2, 0.25) is 0 Å². The molecule has 0 aliphatic carbocycles. The van der Waals surface area contributed by atoms with Crippen molar-refractivity contribution in [2.24, 2.45) is 5.92 Å². The number of carbonyl (C=O) groups is 1. The maximum atomic E-state index is 11.8. The molecule has 0 bridgehead atoms. The summed E-state index contributed by atoms with van der Waals surface area (Å²) in [7, 11) is 0. The van der Waals surface area contributed by atoms with Crippen LogP contribution in [0.15, 0.2) is 16.4 Å². The Morgan fingerprint density at radius 3 is 3.20 bits per heavy atom. The van der Waals surface area contributed by atoms with E-state index >= 15 is 0 Å². The third-order valence-electron chi connectivity index (χ3n) is 3.48. The summed E-state index contributed by atoms with van der Waals surface area (Å²) in [5.41, 5.74) is 2.05. The molecule has 1 aliphatic rings. The van der Waals surface area contributed by atoms with Gasteiger partial charge in [0, 0.05) is 19.2 Å². The molecule has 1 saturated heterocycles. The van der Waals surface area contributed by atoms with E-state index in [9.17, 15) is 9.59 Å². The van der Waals surface area contributed by atoms with Gasteiger partial charge in [0.25, 0.3) is 5.56 Å². The second-order valence-corrected chi connectivity index (χ2v) is 5.74. The largest absolute Gasteiger partial charge is 0.481 e. The van der Waals surface area contributed by atoms with Gasteiger partial charge in [-0.3, -0.25) is 14.5 Å². The van der Waals surface area contributed by atoms with E-state index in [-0.39, 0.29) is 11.5 Å². The Hall–Kier alpha value is -1.80. The van der Waals surface area contributed by atoms with Gasteiger partial charge >= 0.3 is 5.97 Å². The van der Waals surface area contributed by atoms with Crippen molar-refractivity contribution in [1.29, 1.82) is 0 Å². The predicted octanol–water partition coefficient (Wildman–Crippen LogP) is 0.448. The second kappa shape index (κ2) is 5.29. The lowest BCUT2D eigenvalue weighted by Crippen LogP contribution is -2.38. The molecule has 8 heteroatoms. The molecule has 1 fully saturated rings. The van der Waals surface area contributed by atoms with E-state index in [2.05, 4.69) is 10.1 Å². The highest BCUT2D eigenvalue weighted by atomic mass is 32.1. The van der Waals surface area contributed by atoms with E-state index in [4.69, 9.17) is 5.11 Å². The second-order valence-electron chi connectivity index (χ2n) is 4.93. The lowest BCUT2D eigenvalue weighted by Gasteiger charge is -2.30. The van der Waals surface area contributed by atoms with Gasteiger partial charge in [0.05, 0.1) is 11.6 Å². The SMILES string of the molecule is O=C(O)C1CCCN(Cc2cc(=O)n3ncsc3n2)C1. The molecule has 3 heterocycles. The van der Waals surface area contributed by atoms with Crippen molar-refractivity contribution in [3.05, 3.63) is 27.6 Å². The molecule has 20 heavy (non-hydrogen) atoms. The van der Waals surface area contributed by atoms with Gasteiger partial charge in [-0.05, 0) is 19.4 Å². The number of piperidine rings is 1. The Bertz CT molecular complexity index is 695. The number of fused-ring (bicyclic) bond motifs is 1. The summed E-state index contributed by atoms with van der Waals surface area (Å²) >= 11 is 1.31. The van der Waals surface area contributed by atoms with Gasteiger partial charge in [0.15, 0.2) is 0 Å². The predicted molar refractivity (Wildman–Crippen MR) is 72.8 cm³/mol. The molecule has 1 atom stereocenters. The van der Waals surface area contributed by atoms with E-state index in [1.807, 2.05) is 4.90 Å². The number of likely N-dealkylation sites (tertiary alicyclic amines) is 1. The van der Waals surface area contributed by atoms with Gasteiger partial charge in [-0.25, -0.2) is 4.98 Å². The number of hydrogen-bond acceptors (Lipinski definition) is 6. The van der Waals surface area contributed by atoms with Gasteiger partial charge < -0.3 is 5.11 Å². The highest BCUT2D eigenvalue weighted by molar-refractivity contribution is 7.14. The van der Waals surface area contributed by atoms with Gasteiger partial charge in [-0.15, -0.1) is 0 Å². The van der Waals surface area contributed by atoms with Crippen LogP contribution in [-0.2, 0) is 11.3 Å². The van der Waals surface area contributed by atoms with E-state index < -0.39 is 5.97 Å². The first-order valence-electron chi connectivity index (χ1n) is 6.41. The highest BCUT2D eigenvalue weighted by Gasteiger charge is 2.25. The zero-order valence-electron chi connectivity index (χ0n) is 10.7. The van der Waals surface area contributed by atoms with Crippen molar-refractivity contribution in [1.82, 2.24) is 19.5 Å². The minimum atomic E-state index is -0.749. The number of carboxylic acids is 1. The maximum Gasteiger partial charge on any atom is 0.307 e. The number of rotatable bonds is 3. The third-order valence-corrected chi connectivity index (χ3v) is 4.16. The van der Waals surface area contributed by atoms with Gasteiger partial charge in [-0.1, -0.05) is 11.3 Å². The standard InChI is InChI=1S/C12H14N4O3S/c17-10-4-9(14-12-16(10)13-7-20-12)6-15-3-1-2-8(5-15)11(18)19/h4,7-8H,1-3,5-6H2,(H,18,19). The summed E-state index contributed by atoms with van der Waals surface area (Å²) in [5, 5.41) is 13.0. The van der Waals surface area contributed by atoms with Gasteiger partial charge in [-0.2, -0.15) is 9.61 Å². The van der Waals surface area contributed by atoms with Crippen LogP contribution in [0.1, 0.15) is 18.5 Å². The summed E-state index contributed by atoms with van der Waals surface area (Å²) in [6, 6.07) is 1.47. The van der Waals surface area contributed by atoms with Crippen LogP contribution in [0.4, 0.5) is 0 Å². The Morgan fingerprint density at radius 1 is 1.55 bits per heavy atom. The molecule has 1 unspecified atom stereocenters. The number of aliphatic carboxylic acids is 1. The fraction of sp³-hybridized carbons (Fsp3) is 0.500. The summed E-state index contributed by atoms with van der Waals surface area (Å²) in [4.78, 5) is 29.9. The average molecular weight is 294 g/mol. The van der Waals surface area contributed by atoms with E-state index in [0.29, 0.717) is 23.7 Å². The van der Waals surface area contributed by atoms with Crippen LogP contribution in [0.5, 0.6) is 0 Å². The van der Waals surface area contributed by atoms with Crippen molar-refractivity contribution in [2.75, 3.05) is 13.1 Å². The summed E-state index contributed by atoms with van der Waals surface area (Å²) in [5.74, 6) is -1.07. The summed E-state index contributed by atoms with van der Waals surface area (Å²) in [6.45, 7) is 1.86. The zero-order valence-corrected chi connectivity index (χ0v) is 11.5. The van der Waals surface area contributed by atoms with E-state index in [1.165, 1.54) is 21.9 Å². The van der Waals surface area contributed by atoms with E-state index in [1.54, 1.807) is 5.51 Å². The Labute approximate surface area is 118 Å². The quantitative estimate of drug-likeness (QED) is 0.884. The number of nitrogens with zero attached hydrogens (tertiary/aromatic N) is 4. The number of aromatic nitrogens is 3. The van der Waals surface area contributed by atoms with Crippen molar-refractivity contribution in [3.8, 4) is 0 Å². The van der Waals surface area contributed by atoms with E-state index in [0.717, 1.165) is 19.4 Å². The summed E-state index contributed by atoms with van der Waals surface area (Å²) < 4.78 is 1.27. The van der Waals surface area contributed by atoms with Crippen LogP contribution in [0.25, 0.3) is 4.96 Å². The normalized spacial score (nSPS) is 20.3. The lowest BCUT2D eigenvalue weighted by molar-refractivity contribution is -0.143. The third kappa shape index (κ3) is 2.56. The van der Waals surface area contributed by atoms with Crippen molar-refractivity contribution in [3.63, 3.8) is 0 Å². The van der Waals surface area contributed by atoms with Gasteiger partial charge in [0.2, 0.25) is 4.96 Å². The molecule has 0 amide bonds. The molecule has 2 aromatic rings. The molecule has 1 N–H and O–H groups in total. The first-order valence-corrected chi connectivity index (χ1v) is 7.29. The number of carboxylic acid groups (broad SMARTS) is 1. The zero-order chi connectivity index (χ0) is 14.1. The lowest BCUT2D eigenvalue weighted by atomic mass is 9.98. The number of hydrogen-bond donors (Lipinski definition) is 1. The van der Waals surface area contributed by atoms with Crippen LogP contribution < -0.4 is 5.56 Å². The molecule has 0 radical (unpaired) electrons. The minimum Gasteiger partial charge on any atom is -0.481 e. The first-order chi connectivity index (χ1) is 9.63. The van der Waals surface area contributed by atoms with Gasteiger partial charge in [0.1, 0.15) is 5.51 Å². The monoisotopic (exact) mass is 294 g/mol. The molecule has 3 rings (SSSR count). The molecular formula is C12H14N4O3S. The maximum absolute atomic E-state index is 11.8. The molecular weight excluding hydrogens is 280 g/mol. The molecule has 0 spiro atoms. The Kier molecular flexibility index (Phi) is 3.49. The fourth-order valence-electron chi connectivity index (χ4n) is 2.51. The summed E-state index contributed by atoms with van der Waals surface area (Å²) in [6.07, 6.45) is 1.58. The van der Waals surface area contributed by atoms with Crippen LogP contribution in [0.3, 0.4) is 0 Å². The minimum absolute atomic E-state index is 0.196. The van der Waals surface area contributed by atoms with Crippen molar-refractivity contribution >= 4 is 22.3 Å².